The lowest BCUT2D eigenvalue weighted by Crippen LogP contribution is -2.48. The van der Waals surface area contributed by atoms with Gasteiger partial charge in [-0.2, -0.15) is 0 Å². The molecule has 0 spiro atoms. The van der Waals surface area contributed by atoms with E-state index >= 15 is 0 Å². The van der Waals surface area contributed by atoms with Gasteiger partial charge >= 0.3 is 0 Å². The summed E-state index contributed by atoms with van der Waals surface area (Å²) in [5.41, 5.74) is 2.25. The molecule has 0 aliphatic heterocycles. The Morgan fingerprint density at radius 1 is 1.15 bits per heavy atom. The van der Waals surface area contributed by atoms with Crippen LogP contribution in [0.3, 0.4) is 0 Å². The van der Waals surface area contributed by atoms with Crippen LogP contribution in [0.15, 0.2) is 52.1 Å². The van der Waals surface area contributed by atoms with Crippen LogP contribution in [0, 0.1) is 5.92 Å². The summed E-state index contributed by atoms with van der Waals surface area (Å²) in [5.74, 6) is -1.04. The van der Waals surface area contributed by atoms with E-state index < -0.39 is 17.9 Å². The Bertz CT molecular complexity index is 810. The Kier molecular flexibility index (Phi) is 7.01. The first-order valence-electron chi connectivity index (χ1n) is 8.33. The average Bonchev–Trinajstić information content (AvgIpc) is 3.18. The standard InChI is InChI=1S/C19H21N3O5/c1-12(2)17(19(25)22-26)21-18(24)14-7-5-13(6-8-14)16(23)11-20-10-15-4-3-9-27-15/h3-10,12,17,26H,11H2,1-2H3,(H,21,24)(H,22,25). The second-order valence-electron chi connectivity index (χ2n) is 6.16. The quantitative estimate of drug-likeness (QED) is 0.283. The van der Waals surface area contributed by atoms with Crippen molar-refractivity contribution in [1.29, 1.82) is 0 Å². The van der Waals surface area contributed by atoms with Gasteiger partial charge in [0.1, 0.15) is 18.3 Å². The van der Waals surface area contributed by atoms with E-state index in [1.807, 2.05) is 0 Å². The largest absolute Gasteiger partial charge is 0.463 e. The number of hydrogen-bond acceptors (Lipinski definition) is 6. The molecule has 142 valence electrons. The minimum atomic E-state index is -0.875. The Morgan fingerprint density at radius 2 is 1.81 bits per heavy atom. The van der Waals surface area contributed by atoms with Gasteiger partial charge in [-0.1, -0.05) is 26.0 Å². The van der Waals surface area contributed by atoms with Crippen molar-refractivity contribution in [3.8, 4) is 0 Å². The molecule has 0 saturated carbocycles. The molecule has 2 amide bonds. The summed E-state index contributed by atoms with van der Waals surface area (Å²) in [4.78, 5) is 40.0. The molecule has 1 heterocycles. The molecular formula is C19H21N3O5. The molecule has 3 N–H and O–H groups in total. The summed E-state index contributed by atoms with van der Waals surface area (Å²) in [6.07, 6.45) is 2.99. The van der Waals surface area contributed by atoms with Crippen molar-refractivity contribution in [2.24, 2.45) is 10.9 Å². The third kappa shape index (κ3) is 5.61. The Labute approximate surface area is 156 Å². The fourth-order valence-corrected chi connectivity index (χ4v) is 2.31. The normalized spacial score (nSPS) is 12.1. The number of nitrogens with zero attached hydrogens (tertiary/aromatic N) is 1. The molecule has 1 atom stereocenters. The highest BCUT2D eigenvalue weighted by Crippen LogP contribution is 2.08. The van der Waals surface area contributed by atoms with Crippen molar-refractivity contribution in [2.45, 2.75) is 19.9 Å². The van der Waals surface area contributed by atoms with E-state index in [1.165, 1.54) is 42.2 Å². The van der Waals surface area contributed by atoms with Crippen molar-refractivity contribution in [3.63, 3.8) is 0 Å². The van der Waals surface area contributed by atoms with Gasteiger partial charge in [-0.15, -0.1) is 0 Å². The molecule has 0 radical (unpaired) electrons. The SMILES string of the molecule is CC(C)C(NC(=O)c1ccc(C(=O)CN=Cc2ccco2)cc1)C(=O)NO. The summed E-state index contributed by atoms with van der Waals surface area (Å²) in [5, 5.41) is 11.3. The predicted molar refractivity (Wildman–Crippen MR) is 98.0 cm³/mol. The number of carbonyl (C=O) groups excluding carboxylic acids is 3. The first-order valence-corrected chi connectivity index (χ1v) is 8.33. The number of aliphatic imine (C=N–C) groups is 1. The lowest BCUT2D eigenvalue weighted by Gasteiger charge is -2.20. The maximum absolute atomic E-state index is 12.3. The number of rotatable bonds is 8. The van der Waals surface area contributed by atoms with Gasteiger partial charge in [0.15, 0.2) is 5.78 Å². The van der Waals surface area contributed by atoms with E-state index in [4.69, 9.17) is 9.62 Å². The van der Waals surface area contributed by atoms with Crippen LogP contribution in [0.2, 0.25) is 0 Å². The van der Waals surface area contributed by atoms with Gasteiger partial charge in [-0.3, -0.25) is 24.6 Å². The number of furan rings is 1. The summed E-state index contributed by atoms with van der Waals surface area (Å²) >= 11 is 0. The topological polar surface area (TPSA) is 121 Å². The number of amides is 2. The molecule has 0 bridgehead atoms. The zero-order valence-electron chi connectivity index (χ0n) is 15.0. The molecule has 1 unspecified atom stereocenters. The fraction of sp³-hybridized carbons (Fsp3) is 0.263. The van der Waals surface area contributed by atoms with Gasteiger partial charge in [0.25, 0.3) is 11.8 Å². The number of benzene rings is 1. The van der Waals surface area contributed by atoms with Gasteiger partial charge in [0, 0.05) is 11.1 Å². The molecule has 1 aromatic carbocycles. The zero-order valence-corrected chi connectivity index (χ0v) is 15.0. The van der Waals surface area contributed by atoms with Gasteiger partial charge in [-0.25, -0.2) is 5.48 Å². The van der Waals surface area contributed by atoms with E-state index in [0.717, 1.165) is 0 Å². The van der Waals surface area contributed by atoms with E-state index in [9.17, 15) is 14.4 Å². The third-order valence-corrected chi connectivity index (χ3v) is 3.81. The van der Waals surface area contributed by atoms with Crippen LogP contribution in [-0.4, -0.2) is 41.6 Å². The van der Waals surface area contributed by atoms with Crippen LogP contribution in [0.1, 0.15) is 40.3 Å². The highest BCUT2D eigenvalue weighted by atomic mass is 16.5. The Morgan fingerprint density at radius 3 is 2.37 bits per heavy atom. The molecule has 8 heteroatoms. The van der Waals surface area contributed by atoms with Gasteiger partial charge in [-0.05, 0) is 30.2 Å². The molecular weight excluding hydrogens is 350 g/mol. The molecule has 0 aliphatic carbocycles. The molecule has 2 rings (SSSR count). The summed E-state index contributed by atoms with van der Waals surface area (Å²) in [7, 11) is 0. The van der Waals surface area contributed by atoms with Crippen molar-refractivity contribution >= 4 is 23.8 Å². The number of carbonyl (C=O) groups is 3. The number of hydroxylamine groups is 1. The smallest absolute Gasteiger partial charge is 0.266 e. The number of hydrogen-bond donors (Lipinski definition) is 3. The van der Waals surface area contributed by atoms with Crippen LogP contribution < -0.4 is 10.8 Å². The number of ketones is 1. The van der Waals surface area contributed by atoms with Crippen LogP contribution >= 0.6 is 0 Å². The minimum Gasteiger partial charge on any atom is -0.463 e. The zero-order chi connectivity index (χ0) is 19.8. The maximum atomic E-state index is 12.3. The predicted octanol–water partition coefficient (Wildman–Crippen LogP) is 1.84. The van der Waals surface area contributed by atoms with E-state index in [2.05, 4.69) is 10.3 Å². The van der Waals surface area contributed by atoms with E-state index in [-0.39, 0.29) is 18.2 Å². The van der Waals surface area contributed by atoms with Crippen LogP contribution in [0.25, 0.3) is 0 Å². The maximum Gasteiger partial charge on any atom is 0.266 e. The average molecular weight is 371 g/mol. The molecule has 0 aliphatic rings. The van der Waals surface area contributed by atoms with E-state index in [1.54, 1.807) is 26.0 Å². The highest BCUT2D eigenvalue weighted by Gasteiger charge is 2.24. The highest BCUT2D eigenvalue weighted by molar-refractivity contribution is 6.01. The summed E-state index contributed by atoms with van der Waals surface area (Å²) in [6, 6.07) is 8.61. The number of nitrogens with one attached hydrogen (secondary N) is 2. The third-order valence-electron chi connectivity index (χ3n) is 3.81. The molecule has 0 saturated heterocycles. The first kappa shape index (κ1) is 20.1. The van der Waals surface area contributed by atoms with Crippen LogP contribution in [0.5, 0.6) is 0 Å². The van der Waals surface area contributed by atoms with E-state index in [0.29, 0.717) is 16.9 Å². The van der Waals surface area contributed by atoms with Gasteiger partial charge in [0.05, 0.1) is 12.5 Å². The van der Waals surface area contributed by atoms with Crippen molar-refractivity contribution in [2.75, 3.05) is 6.54 Å². The molecule has 27 heavy (non-hydrogen) atoms. The minimum absolute atomic E-state index is 0.0433. The van der Waals surface area contributed by atoms with Gasteiger partial charge < -0.3 is 9.73 Å². The second kappa shape index (κ2) is 9.44. The summed E-state index contributed by atoms with van der Waals surface area (Å²) in [6.45, 7) is 3.44. The lowest BCUT2D eigenvalue weighted by molar-refractivity contribution is -0.132. The van der Waals surface area contributed by atoms with Crippen molar-refractivity contribution in [1.82, 2.24) is 10.8 Å². The van der Waals surface area contributed by atoms with Crippen LogP contribution in [-0.2, 0) is 4.79 Å². The monoisotopic (exact) mass is 371 g/mol. The summed E-state index contributed by atoms with van der Waals surface area (Å²) < 4.78 is 5.09. The molecule has 1 aromatic heterocycles. The van der Waals surface area contributed by atoms with Crippen molar-refractivity contribution < 1.29 is 24.0 Å². The second-order valence-corrected chi connectivity index (χ2v) is 6.16. The molecule has 2 aromatic rings. The fourth-order valence-electron chi connectivity index (χ4n) is 2.31. The first-order chi connectivity index (χ1) is 12.9. The Balaban J connectivity index is 1.98. The number of Topliss-reactive ketones (excluding diaryl/α,β-unsaturated/α-hetero) is 1. The van der Waals surface area contributed by atoms with Crippen molar-refractivity contribution in [3.05, 3.63) is 59.5 Å². The van der Waals surface area contributed by atoms with Gasteiger partial charge in [0.2, 0.25) is 0 Å². The molecule has 0 fully saturated rings. The Hall–Kier alpha value is -3.26. The molecule has 8 nitrogen and oxygen atoms in total. The lowest BCUT2D eigenvalue weighted by atomic mass is 10.0. The van der Waals surface area contributed by atoms with Crippen LogP contribution in [0.4, 0.5) is 0 Å².